The molecule has 2 aromatic rings. The quantitative estimate of drug-likeness (QED) is 0.772. The predicted molar refractivity (Wildman–Crippen MR) is 80.6 cm³/mol. The fourth-order valence-corrected chi connectivity index (χ4v) is 2.35. The van der Waals surface area contributed by atoms with Crippen LogP contribution in [0.2, 0.25) is 0 Å². The first-order valence-electron chi connectivity index (χ1n) is 6.12. The topological polar surface area (TPSA) is 52.5 Å². The lowest BCUT2D eigenvalue weighted by Crippen LogP contribution is -2.08. The number of benzene rings is 2. The van der Waals surface area contributed by atoms with Crippen molar-refractivity contribution in [2.24, 2.45) is 0 Å². The largest absolute Gasteiger partial charge is 0.508 e. The summed E-state index contributed by atoms with van der Waals surface area (Å²) in [7, 11) is 0. The zero-order valence-electron chi connectivity index (χ0n) is 11.1. The maximum absolute atomic E-state index is 13.4. The summed E-state index contributed by atoms with van der Waals surface area (Å²) in [6.07, 6.45) is 0. The smallest absolute Gasteiger partial charge is 0.137 e. The van der Waals surface area contributed by atoms with Gasteiger partial charge in [-0.15, -0.1) is 0 Å². The van der Waals surface area contributed by atoms with Gasteiger partial charge in [0, 0.05) is 17.3 Å². The molecule has 1 unspecified atom stereocenters. The Morgan fingerprint density at radius 1 is 1.20 bits per heavy atom. The fraction of sp³-hybridized carbons (Fsp3) is 0.200. The van der Waals surface area contributed by atoms with Gasteiger partial charge in [-0.25, -0.2) is 4.39 Å². The van der Waals surface area contributed by atoms with Gasteiger partial charge in [0.15, 0.2) is 0 Å². The minimum atomic E-state index is -0.312. The van der Waals surface area contributed by atoms with Crippen molar-refractivity contribution in [2.75, 3.05) is 5.32 Å². The molecule has 0 aliphatic heterocycles. The van der Waals surface area contributed by atoms with Crippen molar-refractivity contribution < 1.29 is 14.6 Å². The zero-order chi connectivity index (χ0) is 14.9. The third-order valence-electron chi connectivity index (χ3n) is 3.12. The molecule has 2 rings (SSSR count). The maximum Gasteiger partial charge on any atom is 0.137 e. The monoisotopic (exact) mass is 339 g/mol. The number of phenols is 2. The van der Waals surface area contributed by atoms with Gasteiger partial charge < -0.3 is 15.5 Å². The van der Waals surface area contributed by atoms with Crippen LogP contribution in [0.15, 0.2) is 34.8 Å². The van der Waals surface area contributed by atoms with Gasteiger partial charge in [0.25, 0.3) is 0 Å². The van der Waals surface area contributed by atoms with Gasteiger partial charge >= 0.3 is 0 Å². The highest BCUT2D eigenvalue weighted by atomic mass is 79.9. The second-order valence-electron chi connectivity index (χ2n) is 4.69. The standard InChI is InChI=1S/C15H15BrFNO2/c1-8-5-13(17)12(16)7-14(8)18-9(2)11-4-3-10(19)6-15(11)20/h3-7,9,18-20H,1-2H3. The number of aryl methyl sites for hydroxylation is 1. The van der Waals surface area contributed by atoms with Crippen LogP contribution in [0.1, 0.15) is 24.1 Å². The van der Waals surface area contributed by atoms with Gasteiger partial charge in [-0.1, -0.05) is 0 Å². The maximum atomic E-state index is 13.4. The number of hydrogen-bond donors (Lipinski definition) is 3. The molecule has 0 saturated heterocycles. The van der Waals surface area contributed by atoms with E-state index in [1.807, 2.05) is 6.92 Å². The van der Waals surface area contributed by atoms with Crippen LogP contribution in [0.3, 0.4) is 0 Å². The van der Waals surface area contributed by atoms with E-state index in [1.54, 1.807) is 19.1 Å². The van der Waals surface area contributed by atoms with Crippen LogP contribution in [0.4, 0.5) is 10.1 Å². The minimum Gasteiger partial charge on any atom is -0.508 e. The third-order valence-corrected chi connectivity index (χ3v) is 3.73. The molecule has 3 nitrogen and oxygen atoms in total. The van der Waals surface area contributed by atoms with E-state index in [-0.39, 0.29) is 23.4 Å². The number of anilines is 1. The summed E-state index contributed by atoms with van der Waals surface area (Å²) < 4.78 is 13.8. The Balaban J connectivity index is 2.27. The van der Waals surface area contributed by atoms with Crippen LogP contribution < -0.4 is 5.32 Å². The Bertz CT molecular complexity index is 646. The second-order valence-corrected chi connectivity index (χ2v) is 5.54. The lowest BCUT2D eigenvalue weighted by molar-refractivity contribution is 0.444. The van der Waals surface area contributed by atoms with Crippen molar-refractivity contribution in [3.8, 4) is 11.5 Å². The molecule has 0 aliphatic rings. The van der Waals surface area contributed by atoms with Gasteiger partial charge in [-0.3, -0.25) is 0 Å². The Kier molecular flexibility index (Phi) is 4.18. The molecule has 0 aliphatic carbocycles. The lowest BCUT2D eigenvalue weighted by Gasteiger charge is -2.19. The van der Waals surface area contributed by atoms with Crippen LogP contribution in [0.5, 0.6) is 11.5 Å². The first kappa shape index (κ1) is 14.7. The van der Waals surface area contributed by atoms with Crippen LogP contribution in [-0.2, 0) is 0 Å². The van der Waals surface area contributed by atoms with E-state index in [0.717, 1.165) is 11.3 Å². The number of halogens is 2. The van der Waals surface area contributed by atoms with Crippen LogP contribution in [0, 0.1) is 12.7 Å². The molecule has 20 heavy (non-hydrogen) atoms. The summed E-state index contributed by atoms with van der Waals surface area (Å²) in [5, 5.41) is 22.3. The number of phenolic OH excluding ortho intramolecular Hbond substituents is 2. The van der Waals surface area contributed by atoms with Crippen molar-refractivity contribution in [2.45, 2.75) is 19.9 Å². The summed E-state index contributed by atoms with van der Waals surface area (Å²) in [6.45, 7) is 3.68. The van der Waals surface area contributed by atoms with Crippen LogP contribution in [-0.4, -0.2) is 10.2 Å². The average Bonchev–Trinajstić information content (AvgIpc) is 2.35. The van der Waals surface area contributed by atoms with Gasteiger partial charge in [-0.2, -0.15) is 0 Å². The molecule has 0 heterocycles. The zero-order valence-corrected chi connectivity index (χ0v) is 12.7. The molecule has 0 saturated carbocycles. The highest BCUT2D eigenvalue weighted by molar-refractivity contribution is 9.10. The Hall–Kier alpha value is -1.75. The van der Waals surface area contributed by atoms with Crippen LogP contribution >= 0.6 is 15.9 Å². The van der Waals surface area contributed by atoms with Crippen molar-refractivity contribution in [3.63, 3.8) is 0 Å². The second kappa shape index (κ2) is 5.71. The highest BCUT2D eigenvalue weighted by Gasteiger charge is 2.13. The highest BCUT2D eigenvalue weighted by Crippen LogP contribution is 2.32. The Morgan fingerprint density at radius 3 is 2.55 bits per heavy atom. The fourth-order valence-electron chi connectivity index (χ4n) is 2.01. The molecule has 1 atom stereocenters. The number of nitrogens with one attached hydrogen (secondary N) is 1. The van der Waals surface area contributed by atoms with Gasteiger partial charge in [0.1, 0.15) is 17.3 Å². The summed E-state index contributed by atoms with van der Waals surface area (Å²) in [5.41, 5.74) is 2.21. The molecule has 0 bridgehead atoms. The van der Waals surface area contributed by atoms with Crippen molar-refractivity contribution in [1.82, 2.24) is 0 Å². The van der Waals surface area contributed by atoms with Crippen molar-refractivity contribution in [3.05, 3.63) is 51.7 Å². The first-order chi connectivity index (χ1) is 9.38. The third kappa shape index (κ3) is 3.04. The molecule has 0 spiro atoms. The van der Waals surface area contributed by atoms with Gasteiger partial charge in [0.2, 0.25) is 0 Å². The Morgan fingerprint density at radius 2 is 1.90 bits per heavy atom. The molecule has 5 heteroatoms. The van der Waals surface area contributed by atoms with Crippen LogP contribution in [0.25, 0.3) is 0 Å². The van der Waals surface area contributed by atoms with E-state index >= 15 is 0 Å². The molecule has 2 aromatic carbocycles. The van der Waals surface area contributed by atoms with E-state index in [0.29, 0.717) is 10.0 Å². The number of hydrogen-bond acceptors (Lipinski definition) is 3. The predicted octanol–water partition coefficient (Wildman–Crippen LogP) is 4.48. The summed E-state index contributed by atoms with van der Waals surface area (Å²) in [5.74, 6) is -0.281. The molecular formula is C15H15BrFNO2. The average molecular weight is 340 g/mol. The molecule has 3 N–H and O–H groups in total. The molecule has 0 fully saturated rings. The van der Waals surface area contributed by atoms with E-state index in [4.69, 9.17) is 0 Å². The number of rotatable bonds is 3. The van der Waals surface area contributed by atoms with Gasteiger partial charge in [-0.05, 0) is 59.6 Å². The first-order valence-corrected chi connectivity index (χ1v) is 6.92. The lowest BCUT2D eigenvalue weighted by atomic mass is 10.1. The van der Waals surface area contributed by atoms with E-state index < -0.39 is 0 Å². The van der Waals surface area contributed by atoms with Gasteiger partial charge in [0.05, 0.1) is 10.5 Å². The number of aromatic hydroxyl groups is 2. The molecule has 0 radical (unpaired) electrons. The van der Waals surface area contributed by atoms with E-state index in [1.165, 1.54) is 18.2 Å². The molecular weight excluding hydrogens is 325 g/mol. The SMILES string of the molecule is Cc1cc(F)c(Br)cc1NC(C)c1ccc(O)cc1O. The summed E-state index contributed by atoms with van der Waals surface area (Å²) in [4.78, 5) is 0. The Labute approximate surface area is 125 Å². The van der Waals surface area contributed by atoms with E-state index in [2.05, 4.69) is 21.2 Å². The normalized spacial score (nSPS) is 12.2. The molecule has 106 valence electrons. The summed E-state index contributed by atoms with van der Waals surface area (Å²) >= 11 is 3.15. The molecule has 0 amide bonds. The summed E-state index contributed by atoms with van der Waals surface area (Å²) in [6, 6.07) is 7.37. The van der Waals surface area contributed by atoms with Crippen molar-refractivity contribution in [1.29, 1.82) is 0 Å². The molecule has 0 aromatic heterocycles. The minimum absolute atomic E-state index is 0.0131. The van der Waals surface area contributed by atoms with Crippen molar-refractivity contribution >= 4 is 21.6 Å². The van der Waals surface area contributed by atoms with E-state index in [9.17, 15) is 14.6 Å².